The molecule has 1 aliphatic rings. The van der Waals surface area contributed by atoms with Crippen LogP contribution in [0.2, 0.25) is 0 Å². The van der Waals surface area contributed by atoms with E-state index in [9.17, 15) is 4.79 Å². The fourth-order valence-corrected chi connectivity index (χ4v) is 4.02. The largest absolute Gasteiger partial charge is 0.350 e. The predicted molar refractivity (Wildman–Crippen MR) is 97.6 cm³/mol. The highest BCUT2D eigenvalue weighted by molar-refractivity contribution is 7.09. The second-order valence-corrected chi connectivity index (χ2v) is 7.36. The number of benzene rings is 1. The van der Waals surface area contributed by atoms with Crippen LogP contribution in [0.25, 0.3) is 0 Å². The van der Waals surface area contributed by atoms with E-state index in [1.165, 1.54) is 5.56 Å². The van der Waals surface area contributed by atoms with Crippen molar-refractivity contribution in [2.24, 2.45) is 0 Å². The molecule has 1 aromatic carbocycles. The number of thiazole rings is 1. The van der Waals surface area contributed by atoms with Crippen molar-refractivity contribution in [2.45, 2.75) is 44.7 Å². The van der Waals surface area contributed by atoms with E-state index in [1.807, 2.05) is 23.6 Å². The van der Waals surface area contributed by atoms with Gasteiger partial charge in [-0.15, -0.1) is 16.4 Å². The summed E-state index contributed by atoms with van der Waals surface area (Å²) in [5.74, 6) is 0.360. The number of aryl methyl sites for hydroxylation is 1. The predicted octanol–water partition coefficient (Wildman–Crippen LogP) is 2.30. The highest BCUT2D eigenvalue weighted by Gasteiger charge is 2.28. The number of nitrogens with one attached hydrogen (secondary N) is 1. The lowest BCUT2D eigenvalue weighted by Crippen LogP contribution is -2.30. The van der Waals surface area contributed by atoms with Gasteiger partial charge in [-0.1, -0.05) is 36.8 Å². The van der Waals surface area contributed by atoms with Gasteiger partial charge in [0.05, 0.1) is 23.2 Å². The molecular weight excluding hydrogens is 348 g/mol. The Morgan fingerprint density at radius 3 is 3.04 bits per heavy atom. The van der Waals surface area contributed by atoms with Crippen LogP contribution in [0, 0.1) is 0 Å². The Morgan fingerprint density at radius 2 is 2.15 bits per heavy atom. The molecule has 8 heteroatoms. The lowest BCUT2D eigenvalue weighted by Gasteiger charge is -2.12. The first-order valence-corrected chi connectivity index (χ1v) is 9.68. The van der Waals surface area contributed by atoms with Crippen molar-refractivity contribution in [2.75, 3.05) is 0 Å². The third-order valence-electron chi connectivity index (χ3n) is 4.54. The zero-order chi connectivity index (χ0) is 17.8. The van der Waals surface area contributed by atoms with Crippen molar-refractivity contribution in [3.8, 4) is 0 Å². The van der Waals surface area contributed by atoms with E-state index in [1.54, 1.807) is 16.0 Å². The molecule has 26 heavy (non-hydrogen) atoms. The molecule has 0 radical (unpaired) electrons. The maximum Gasteiger partial charge on any atom is 0.231 e. The van der Waals surface area contributed by atoms with Crippen molar-refractivity contribution >= 4 is 17.2 Å². The Labute approximate surface area is 155 Å². The van der Waals surface area contributed by atoms with Gasteiger partial charge in [-0.3, -0.25) is 4.79 Å². The Morgan fingerprint density at radius 1 is 1.27 bits per heavy atom. The number of carbonyl (C=O) groups is 1. The second kappa shape index (κ2) is 7.74. The number of tetrazole rings is 1. The van der Waals surface area contributed by atoms with E-state index in [-0.39, 0.29) is 11.8 Å². The van der Waals surface area contributed by atoms with Gasteiger partial charge in [0, 0.05) is 18.3 Å². The van der Waals surface area contributed by atoms with E-state index < -0.39 is 0 Å². The fraction of sp³-hybridized carbons (Fsp3) is 0.389. The average molecular weight is 368 g/mol. The third-order valence-corrected chi connectivity index (χ3v) is 5.44. The zero-order valence-corrected chi connectivity index (χ0v) is 15.2. The highest BCUT2D eigenvalue weighted by atomic mass is 32.1. The molecule has 0 saturated heterocycles. The molecule has 0 saturated carbocycles. The summed E-state index contributed by atoms with van der Waals surface area (Å²) in [4.78, 5) is 17.3. The molecule has 1 N–H and O–H groups in total. The summed E-state index contributed by atoms with van der Waals surface area (Å²) in [6.45, 7) is 1.21. The van der Waals surface area contributed by atoms with Crippen LogP contribution in [0.15, 0.2) is 35.7 Å². The van der Waals surface area contributed by atoms with Crippen LogP contribution in [-0.4, -0.2) is 31.1 Å². The van der Waals surface area contributed by atoms with E-state index in [4.69, 9.17) is 0 Å². The van der Waals surface area contributed by atoms with Crippen LogP contribution in [-0.2, 0) is 24.3 Å². The van der Waals surface area contributed by atoms with Crippen molar-refractivity contribution in [1.82, 2.24) is 30.5 Å². The Kier molecular flexibility index (Phi) is 5.01. The first-order valence-electron chi connectivity index (χ1n) is 8.80. The molecular formula is C18H20N6OS. The van der Waals surface area contributed by atoms with Crippen LogP contribution >= 0.6 is 11.3 Å². The molecule has 1 aliphatic heterocycles. The number of carbonyl (C=O) groups excluding carboxylic acids is 1. The van der Waals surface area contributed by atoms with Gasteiger partial charge in [-0.25, -0.2) is 9.67 Å². The molecule has 7 nitrogen and oxygen atoms in total. The first kappa shape index (κ1) is 16.8. The summed E-state index contributed by atoms with van der Waals surface area (Å²) >= 11 is 1.63. The number of nitrogens with zero attached hydrogens (tertiary/aromatic N) is 5. The van der Waals surface area contributed by atoms with Crippen LogP contribution in [0.3, 0.4) is 0 Å². The number of amides is 1. The van der Waals surface area contributed by atoms with Gasteiger partial charge in [-0.05, 0) is 28.8 Å². The summed E-state index contributed by atoms with van der Waals surface area (Å²) in [5, 5.41) is 17.8. The van der Waals surface area contributed by atoms with E-state index in [0.29, 0.717) is 12.4 Å². The average Bonchev–Trinajstić information content (AvgIpc) is 3.26. The Hall–Kier alpha value is -2.61. The van der Waals surface area contributed by atoms with Crippen LogP contribution in [0.1, 0.15) is 47.3 Å². The maximum atomic E-state index is 12.6. The van der Waals surface area contributed by atoms with Crippen LogP contribution in [0.4, 0.5) is 0 Å². The van der Waals surface area contributed by atoms with E-state index in [2.05, 4.69) is 38.0 Å². The molecule has 0 aliphatic carbocycles. The zero-order valence-electron chi connectivity index (χ0n) is 14.3. The number of rotatable bonds is 5. The summed E-state index contributed by atoms with van der Waals surface area (Å²) < 4.78 is 1.75. The van der Waals surface area contributed by atoms with Crippen LogP contribution < -0.4 is 5.32 Å². The van der Waals surface area contributed by atoms with E-state index >= 15 is 0 Å². The summed E-state index contributed by atoms with van der Waals surface area (Å²) in [6.07, 6.45) is 3.58. The lowest BCUT2D eigenvalue weighted by atomic mass is 10.0. The molecule has 2 aromatic heterocycles. The fourth-order valence-electron chi connectivity index (χ4n) is 3.19. The lowest BCUT2D eigenvalue weighted by molar-refractivity contribution is -0.123. The van der Waals surface area contributed by atoms with E-state index in [0.717, 1.165) is 42.9 Å². The van der Waals surface area contributed by atoms with Crippen molar-refractivity contribution in [3.05, 3.63) is 57.8 Å². The third kappa shape index (κ3) is 3.80. The molecule has 3 aromatic rings. The number of hydrogen-bond donors (Lipinski definition) is 1. The maximum absolute atomic E-state index is 12.6. The normalized spacial score (nSPS) is 16.7. The molecule has 0 bridgehead atoms. The van der Waals surface area contributed by atoms with Crippen molar-refractivity contribution in [1.29, 1.82) is 0 Å². The SMILES string of the molecule is O=C(NCc1csc(Cc2ccccc2)n1)[C@@H]1CCCCn2nnnc21. The monoisotopic (exact) mass is 368 g/mol. The molecule has 1 atom stereocenters. The summed E-state index contributed by atoms with van der Waals surface area (Å²) in [6, 6.07) is 10.3. The van der Waals surface area contributed by atoms with Gasteiger partial charge in [0.2, 0.25) is 5.91 Å². The van der Waals surface area contributed by atoms with Gasteiger partial charge in [-0.2, -0.15) is 0 Å². The Bertz CT molecular complexity index is 875. The number of aromatic nitrogens is 5. The van der Waals surface area contributed by atoms with Gasteiger partial charge in [0.1, 0.15) is 0 Å². The van der Waals surface area contributed by atoms with Crippen molar-refractivity contribution in [3.63, 3.8) is 0 Å². The number of fused-ring (bicyclic) bond motifs is 1. The Balaban J connectivity index is 1.37. The minimum absolute atomic E-state index is 0.0273. The molecule has 4 rings (SSSR count). The molecule has 3 heterocycles. The number of hydrogen-bond acceptors (Lipinski definition) is 6. The van der Waals surface area contributed by atoms with Gasteiger partial charge >= 0.3 is 0 Å². The standard InChI is InChI=1S/C18H20N6OS/c25-18(15-8-4-5-9-24-17(15)21-22-23-24)19-11-14-12-26-16(20-14)10-13-6-2-1-3-7-13/h1-3,6-7,12,15H,4-5,8-11H2,(H,19,25)/t15-/m1/s1. The molecule has 0 fully saturated rings. The topological polar surface area (TPSA) is 85.6 Å². The highest BCUT2D eigenvalue weighted by Crippen LogP contribution is 2.24. The second-order valence-electron chi connectivity index (χ2n) is 6.42. The minimum atomic E-state index is -0.282. The molecule has 0 spiro atoms. The van der Waals surface area contributed by atoms with Gasteiger partial charge in [0.25, 0.3) is 0 Å². The minimum Gasteiger partial charge on any atom is -0.350 e. The molecule has 134 valence electrons. The molecule has 0 unspecified atom stereocenters. The first-order chi connectivity index (χ1) is 12.8. The van der Waals surface area contributed by atoms with Gasteiger partial charge in [0.15, 0.2) is 5.82 Å². The smallest absolute Gasteiger partial charge is 0.231 e. The van der Waals surface area contributed by atoms with Gasteiger partial charge < -0.3 is 5.32 Å². The van der Waals surface area contributed by atoms with Crippen LogP contribution in [0.5, 0.6) is 0 Å². The quantitative estimate of drug-likeness (QED) is 0.747. The summed E-state index contributed by atoms with van der Waals surface area (Å²) in [5.41, 5.74) is 2.13. The summed E-state index contributed by atoms with van der Waals surface area (Å²) in [7, 11) is 0. The van der Waals surface area contributed by atoms with Crippen molar-refractivity contribution < 1.29 is 4.79 Å². The molecule has 1 amide bonds.